The number of amides is 2. The van der Waals surface area contributed by atoms with E-state index in [9.17, 15) is 18.0 Å². The molecule has 7 nitrogen and oxygen atoms in total. The number of rotatable bonds is 4. The molecule has 4 N–H and O–H groups in total. The normalized spacial score (nSPS) is 13.8. The summed E-state index contributed by atoms with van der Waals surface area (Å²) in [6.07, 6.45) is 0.830. The Balaban J connectivity index is 1.85. The fourth-order valence-corrected chi connectivity index (χ4v) is 3.55. The van der Waals surface area contributed by atoms with Gasteiger partial charge in [0.25, 0.3) is 10.0 Å². The summed E-state index contributed by atoms with van der Waals surface area (Å²) in [6.45, 7) is 0. The molecule has 0 atom stereocenters. The van der Waals surface area contributed by atoms with E-state index in [-0.39, 0.29) is 10.8 Å². The molecule has 2 amide bonds. The number of anilines is 2. The van der Waals surface area contributed by atoms with Gasteiger partial charge in [0.05, 0.1) is 4.90 Å². The van der Waals surface area contributed by atoms with Crippen LogP contribution in [0.4, 0.5) is 11.4 Å². The van der Waals surface area contributed by atoms with Gasteiger partial charge in [0.2, 0.25) is 11.8 Å². The SMILES string of the molecule is NC(=O)c1ccc(NS(=O)(=O)c2ccc3c(c2)CCC(=O)N3)cc1. The first kappa shape index (κ1) is 16.0. The zero-order chi connectivity index (χ0) is 17.3. The molecule has 1 aliphatic rings. The molecule has 0 aromatic heterocycles. The number of aryl methyl sites for hydroxylation is 1. The van der Waals surface area contributed by atoms with Gasteiger partial charge >= 0.3 is 0 Å². The summed E-state index contributed by atoms with van der Waals surface area (Å²) < 4.78 is 27.4. The Morgan fingerprint density at radius 1 is 1.08 bits per heavy atom. The Bertz CT molecular complexity index is 921. The monoisotopic (exact) mass is 345 g/mol. The van der Waals surface area contributed by atoms with Crippen LogP contribution in [0.2, 0.25) is 0 Å². The summed E-state index contributed by atoms with van der Waals surface area (Å²) in [7, 11) is -3.77. The van der Waals surface area contributed by atoms with Crippen LogP contribution < -0.4 is 15.8 Å². The highest BCUT2D eigenvalue weighted by molar-refractivity contribution is 7.92. The molecule has 0 spiro atoms. The van der Waals surface area contributed by atoms with Crippen LogP contribution in [0, 0.1) is 0 Å². The predicted octanol–water partition coefficient (Wildman–Crippen LogP) is 1.47. The molecule has 124 valence electrons. The van der Waals surface area contributed by atoms with Gasteiger partial charge in [-0.25, -0.2) is 8.42 Å². The summed E-state index contributed by atoms with van der Waals surface area (Å²) in [5.41, 5.74) is 7.18. The first-order valence-corrected chi connectivity index (χ1v) is 8.69. The molecule has 0 aliphatic carbocycles. The quantitative estimate of drug-likeness (QED) is 0.777. The van der Waals surface area contributed by atoms with Gasteiger partial charge in [0.1, 0.15) is 0 Å². The first-order valence-electron chi connectivity index (χ1n) is 7.21. The van der Waals surface area contributed by atoms with Gasteiger partial charge in [-0.3, -0.25) is 14.3 Å². The Hall–Kier alpha value is -2.87. The molecule has 0 radical (unpaired) electrons. The van der Waals surface area contributed by atoms with E-state index in [1.165, 1.54) is 30.3 Å². The van der Waals surface area contributed by atoms with Crippen LogP contribution in [0.15, 0.2) is 47.4 Å². The fraction of sp³-hybridized carbons (Fsp3) is 0.125. The van der Waals surface area contributed by atoms with Crippen molar-refractivity contribution in [3.8, 4) is 0 Å². The molecule has 1 aliphatic heterocycles. The Morgan fingerprint density at radius 3 is 2.46 bits per heavy atom. The molecule has 0 saturated heterocycles. The van der Waals surface area contributed by atoms with Crippen molar-refractivity contribution in [1.29, 1.82) is 0 Å². The molecule has 1 heterocycles. The highest BCUT2D eigenvalue weighted by atomic mass is 32.2. The minimum atomic E-state index is -3.77. The first-order chi connectivity index (χ1) is 11.3. The van der Waals surface area contributed by atoms with E-state index in [4.69, 9.17) is 5.73 Å². The summed E-state index contributed by atoms with van der Waals surface area (Å²) >= 11 is 0. The number of fused-ring (bicyclic) bond motifs is 1. The Kier molecular flexibility index (Phi) is 3.98. The predicted molar refractivity (Wildman–Crippen MR) is 89.2 cm³/mol. The van der Waals surface area contributed by atoms with E-state index in [1.807, 2.05) is 0 Å². The van der Waals surface area contributed by atoms with E-state index in [0.29, 0.717) is 29.8 Å². The summed E-state index contributed by atoms with van der Waals surface area (Å²) in [5, 5.41) is 2.71. The third kappa shape index (κ3) is 3.23. The van der Waals surface area contributed by atoms with Crippen LogP contribution in [-0.2, 0) is 21.2 Å². The molecule has 3 rings (SSSR count). The van der Waals surface area contributed by atoms with Crippen molar-refractivity contribution in [3.63, 3.8) is 0 Å². The van der Waals surface area contributed by atoms with Gasteiger partial charge in [-0.2, -0.15) is 0 Å². The van der Waals surface area contributed by atoms with Crippen LogP contribution in [0.5, 0.6) is 0 Å². The summed E-state index contributed by atoms with van der Waals surface area (Å²) in [5.74, 6) is -0.660. The number of carbonyl (C=O) groups excluding carboxylic acids is 2. The van der Waals surface area contributed by atoms with Crippen molar-refractivity contribution >= 4 is 33.2 Å². The molecular weight excluding hydrogens is 330 g/mol. The van der Waals surface area contributed by atoms with Crippen LogP contribution in [-0.4, -0.2) is 20.2 Å². The maximum atomic E-state index is 12.5. The maximum Gasteiger partial charge on any atom is 0.261 e. The largest absolute Gasteiger partial charge is 0.366 e. The van der Waals surface area contributed by atoms with E-state index >= 15 is 0 Å². The molecule has 2 aromatic carbocycles. The lowest BCUT2D eigenvalue weighted by Gasteiger charge is -2.18. The van der Waals surface area contributed by atoms with E-state index in [0.717, 1.165) is 5.56 Å². The average Bonchev–Trinajstić information content (AvgIpc) is 2.54. The van der Waals surface area contributed by atoms with Crippen LogP contribution in [0.3, 0.4) is 0 Å². The minimum absolute atomic E-state index is 0.0780. The summed E-state index contributed by atoms with van der Waals surface area (Å²) in [4.78, 5) is 22.5. The zero-order valence-electron chi connectivity index (χ0n) is 12.6. The smallest absolute Gasteiger partial charge is 0.261 e. The van der Waals surface area contributed by atoms with Crippen molar-refractivity contribution < 1.29 is 18.0 Å². The fourth-order valence-electron chi connectivity index (χ4n) is 2.44. The molecule has 0 bridgehead atoms. The Labute approximate surface area is 138 Å². The molecule has 0 fully saturated rings. The molecule has 24 heavy (non-hydrogen) atoms. The zero-order valence-corrected chi connectivity index (χ0v) is 13.4. The van der Waals surface area contributed by atoms with Crippen molar-refractivity contribution in [3.05, 3.63) is 53.6 Å². The molecule has 2 aromatic rings. The van der Waals surface area contributed by atoms with Gasteiger partial charge in [-0.1, -0.05) is 0 Å². The average molecular weight is 345 g/mol. The minimum Gasteiger partial charge on any atom is -0.366 e. The second kappa shape index (κ2) is 5.97. The maximum absolute atomic E-state index is 12.5. The van der Waals surface area contributed by atoms with Gasteiger partial charge in [0.15, 0.2) is 0 Å². The molecule has 0 saturated carbocycles. The van der Waals surface area contributed by atoms with Crippen LogP contribution in [0.1, 0.15) is 22.3 Å². The number of nitrogens with two attached hydrogens (primary N) is 1. The van der Waals surface area contributed by atoms with Gasteiger partial charge in [-0.05, 0) is 54.4 Å². The van der Waals surface area contributed by atoms with E-state index in [1.54, 1.807) is 12.1 Å². The number of benzene rings is 2. The van der Waals surface area contributed by atoms with E-state index < -0.39 is 15.9 Å². The van der Waals surface area contributed by atoms with Crippen molar-refractivity contribution in [1.82, 2.24) is 0 Å². The third-order valence-electron chi connectivity index (χ3n) is 3.70. The number of hydrogen-bond acceptors (Lipinski definition) is 4. The second-order valence-corrected chi connectivity index (χ2v) is 7.10. The molecular formula is C16H15N3O4S. The topological polar surface area (TPSA) is 118 Å². The number of sulfonamides is 1. The number of nitrogens with one attached hydrogen (secondary N) is 2. The number of hydrogen-bond donors (Lipinski definition) is 3. The second-order valence-electron chi connectivity index (χ2n) is 5.41. The van der Waals surface area contributed by atoms with E-state index in [2.05, 4.69) is 10.0 Å². The third-order valence-corrected chi connectivity index (χ3v) is 5.08. The highest BCUT2D eigenvalue weighted by Gasteiger charge is 2.20. The van der Waals surface area contributed by atoms with Crippen LogP contribution in [0.25, 0.3) is 0 Å². The summed E-state index contributed by atoms with van der Waals surface area (Å²) in [6, 6.07) is 10.4. The van der Waals surface area contributed by atoms with Gasteiger partial charge in [0, 0.05) is 23.4 Å². The number of primary amides is 1. The lowest BCUT2D eigenvalue weighted by molar-refractivity contribution is -0.116. The van der Waals surface area contributed by atoms with Crippen LogP contribution >= 0.6 is 0 Å². The van der Waals surface area contributed by atoms with Crippen molar-refractivity contribution in [2.45, 2.75) is 17.7 Å². The standard InChI is InChI=1S/C16H15N3O4S/c17-16(21)10-1-4-12(5-2-10)19-24(22,23)13-6-7-14-11(9-13)3-8-15(20)18-14/h1-2,4-7,9,19H,3,8H2,(H2,17,21)(H,18,20). The lowest BCUT2D eigenvalue weighted by atomic mass is 10.0. The molecule has 0 unspecified atom stereocenters. The van der Waals surface area contributed by atoms with Crippen molar-refractivity contribution in [2.75, 3.05) is 10.0 Å². The van der Waals surface area contributed by atoms with Crippen molar-refractivity contribution in [2.24, 2.45) is 5.73 Å². The molecule has 8 heteroatoms. The number of carbonyl (C=O) groups is 2. The lowest BCUT2D eigenvalue weighted by Crippen LogP contribution is -2.20. The van der Waals surface area contributed by atoms with Gasteiger partial charge < -0.3 is 11.1 Å². The van der Waals surface area contributed by atoms with Gasteiger partial charge in [-0.15, -0.1) is 0 Å². The Morgan fingerprint density at radius 2 is 1.79 bits per heavy atom. The highest BCUT2D eigenvalue weighted by Crippen LogP contribution is 2.26.